The van der Waals surface area contributed by atoms with Gasteiger partial charge in [-0.3, -0.25) is 0 Å². The third-order valence-electron chi connectivity index (χ3n) is 4.22. The first-order chi connectivity index (χ1) is 11.0. The van der Waals surface area contributed by atoms with Crippen molar-refractivity contribution in [1.82, 2.24) is 4.90 Å². The van der Waals surface area contributed by atoms with E-state index < -0.39 is 0 Å². The Morgan fingerprint density at radius 2 is 1.91 bits per heavy atom. The molecule has 2 atom stereocenters. The van der Waals surface area contributed by atoms with Gasteiger partial charge >= 0.3 is 6.03 Å². The molecular formula is C18H19FN2O2. The highest BCUT2D eigenvalue weighted by Crippen LogP contribution is 2.36. The van der Waals surface area contributed by atoms with Gasteiger partial charge in [0.05, 0.1) is 6.04 Å². The van der Waals surface area contributed by atoms with Crippen molar-refractivity contribution in [3.05, 3.63) is 59.9 Å². The highest BCUT2D eigenvalue weighted by atomic mass is 19.1. The molecule has 1 saturated heterocycles. The molecular weight excluding hydrogens is 295 g/mol. The van der Waals surface area contributed by atoms with Crippen molar-refractivity contribution < 1.29 is 13.9 Å². The van der Waals surface area contributed by atoms with Gasteiger partial charge in [0.1, 0.15) is 17.3 Å². The van der Waals surface area contributed by atoms with E-state index in [-0.39, 0.29) is 23.9 Å². The zero-order valence-corrected chi connectivity index (χ0v) is 12.9. The maximum atomic E-state index is 13.2. The summed E-state index contributed by atoms with van der Waals surface area (Å²) < 4.78 is 18.8. The summed E-state index contributed by atoms with van der Waals surface area (Å²) in [4.78, 5) is 13.3. The van der Waals surface area contributed by atoms with Crippen LogP contribution in [0.3, 0.4) is 0 Å². The number of nitrogens with zero attached hydrogens (tertiary/aromatic N) is 1. The van der Waals surface area contributed by atoms with E-state index in [1.165, 1.54) is 12.1 Å². The summed E-state index contributed by atoms with van der Waals surface area (Å²) in [6, 6.07) is 13.3. The van der Waals surface area contributed by atoms with Gasteiger partial charge in [0.25, 0.3) is 0 Å². The number of benzene rings is 2. The molecule has 2 N–H and O–H groups in total. The Morgan fingerprint density at radius 3 is 2.57 bits per heavy atom. The smallest absolute Gasteiger partial charge is 0.315 e. The minimum atomic E-state index is -0.389. The molecule has 5 heteroatoms. The van der Waals surface area contributed by atoms with E-state index in [0.717, 1.165) is 18.4 Å². The van der Waals surface area contributed by atoms with E-state index in [2.05, 4.69) is 0 Å². The number of hydrogen-bond acceptors (Lipinski definition) is 2. The molecule has 1 unspecified atom stereocenters. The minimum absolute atomic E-state index is 0.00530. The van der Waals surface area contributed by atoms with Gasteiger partial charge in [-0.05, 0) is 49.6 Å². The van der Waals surface area contributed by atoms with Crippen LogP contribution >= 0.6 is 0 Å². The predicted molar refractivity (Wildman–Crippen MR) is 85.8 cm³/mol. The van der Waals surface area contributed by atoms with E-state index in [9.17, 15) is 9.18 Å². The van der Waals surface area contributed by atoms with Crippen molar-refractivity contribution >= 4 is 6.03 Å². The molecule has 0 bridgehead atoms. The monoisotopic (exact) mass is 314 g/mol. The summed E-state index contributed by atoms with van der Waals surface area (Å²) in [5, 5.41) is 0. The van der Waals surface area contributed by atoms with Crippen LogP contribution in [0.1, 0.15) is 31.4 Å². The van der Waals surface area contributed by atoms with Crippen LogP contribution in [-0.4, -0.2) is 17.0 Å². The fourth-order valence-electron chi connectivity index (χ4n) is 3.11. The molecule has 1 aliphatic heterocycles. The number of amides is 2. The van der Waals surface area contributed by atoms with Gasteiger partial charge in [0, 0.05) is 12.1 Å². The maximum absolute atomic E-state index is 13.2. The fourth-order valence-corrected chi connectivity index (χ4v) is 3.11. The van der Waals surface area contributed by atoms with Crippen LogP contribution in [0.4, 0.5) is 9.18 Å². The molecule has 2 amide bonds. The van der Waals surface area contributed by atoms with Gasteiger partial charge in [0.15, 0.2) is 0 Å². The summed E-state index contributed by atoms with van der Waals surface area (Å²) >= 11 is 0. The Bertz CT molecular complexity index is 702. The Labute approximate surface area is 134 Å². The van der Waals surface area contributed by atoms with E-state index in [4.69, 9.17) is 10.5 Å². The summed E-state index contributed by atoms with van der Waals surface area (Å²) in [5.74, 6) is 0.734. The van der Waals surface area contributed by atoms with Crippen molar-refractivity contribution in [2.75, 3.05) is 0 Å². The lowest BCUT2D eigenvalue weighted by Crippen LogP contribution is -2.39. The summed E-state index contributed by atoms with van der Waals surface area (Å²) in [6.07, 6.45) is 1.84. The van der Waals surface area contributed by atoms with Gasteiger partial charge in [0.2, 0.25) is 0 Å². The first kappa shape index (κ1) is 15.3. The first-order valence-electron chi connectivity index (χ1n) is 7.66. The highest BCUT2D eigenvalue weighted by Gasteiger charge is 2.33. The molecule has 4 nitrogen and oxygen atoms in total. The highest BCUT2D eigenvalue weighted by molar-refractivity contribution is 5.73. The Kier molecular flexibility index (Phi) is 4.19. The average molecular weight is 314 g/mol. The van der Waals surface area contributed by atoms with Gasteiger partial charge in [-0.2, -0.15) is 0 Å². The summed E-state index contributed by atoms with van der Waals surface area (Å²) in [5.41, 5.74) is 6.52. The molecule has 3 rings (SSSR count). The Morgan fingerprint density at radius 1 is 1.17 bits per heavy atom. The lowest BCUT2D eigenvalue weighted by molar-refractivity contribution is 0.186. The van der Waals surface area contributed by atoms with E-state index in [1.807, 2.05) is 31.2 Å². The number of rotatable bonds is 3. The quantitative estimate of drug-likeness (QED) is 0.922. The number of ether oxygens (including phenoxy) is 1. The number of carbonyl (C=O) groups is 1. The molecule has 0 saturated carbocycles. The first-order valence-corrected chi connectivity index (χ1v) is 7.66. The molecule has 1 fully saturated rings. The second-order valence-electron chi connectivity index (χ2n) is 5.82. The lowest BCUT2D eigenvalue weighted by Gasteiger charge is -2.27. The van der Waals surface area contributed by atoms with E-state index >= 15 is 0 Å². The van der Waals surface area contributed by atoms with Crippen LogP contribution in [0.15, 0.2) is 48.5 Å². The Balaban J connectivity index is 1.76. The molecule has 120 valence electrons. The number of urea groups is 1. The third kappa shape index (κ3) is 3.28. The normalized spacial score (nSPS) is 20.5. The number of halogens is 1. The predicted octanol–water partition coefficient (Wildman–Crippen LogP) is 4.22. The van der Waals surface area contributed by atoms with Gasteiger partial charge in [-0.1, -0.05) is 18.2 Å². The van der Waals surface area contributed by atoms with Crippen LogP contribution in [-0.2, 0) is 0 Å². The van der Waals surface area contributed by atoms with Crippen LogP contribution < -0.4 is 10.5 Å². The lowest BCUT2D eigenvalue weighted by atomic mass is 10.0. The molecule has 2 aromatic carbocycles. The van der Waals surface area contributed by atoms with Crippen LogP contribution in [0.25, 0.3) is 0 Å². The third-order valence-corrected chi connectivity index (χ3v) is 4.22. The maximum Gasteiger partial charge on any atom is 0.315 e. The van der Waals surface area contributed by atoms with Gasteiger partial charge < -0.3 is 15.4 Å². The number of carbonyl (C=O) groups excluding carboxylic acids is 1. The van der Waals surface area contributed by atoms with Crippen molar-refractivity contribution in [2.24, 2.45) is 5.73 Å². The molecule has 0 aromatic heterocycles. The van der Waals surface area contributed by atoms with E-state index in [0.29, 0.717) is 11.5 Å². The van der Waals surface area contributed by atoms with Crippen molar-refractivity contribution in [3.8, 4) is 11.5 Å². The van der Waals surface area contributed by atoms with E-state index in [1.54, 1.807) is 17.0 Å². The molecule has 0 radical (unpaired) electrons. The fraction of sp³-hybridized carbons (Fsp3) is 0.278. The summed E-state index contributed by atoms with van der Waals surface area (Å²) in [6.45, 7) is 2.01. The SMILES string of the molecule is CC1CC[C@H](c2ccc(Oc3cccc(F)c3)cc2)N1C(N)=O. The van der Waals surface area contributed by atoms with Crippen molar-refractivity contribution in [1.29, 1.82) is 0 Å². The topological polar surface area (TPSA) is 55.6 Å². The average Bonchev–Trinajstić information content (AvgIpc) is 2.90. The van der Waals surface area contributed by atoms with Crippen molar-refractivity contribution in [2.45, 2.75) is 31.8 Å². The minimum Gasteiger partial charge on any atom is -0.457 e. The number of likely N-dealkylation sites (tertiary alicyclic amines) is 1. The molecule has 1 aliphatic rings. The molecule has 23 heavy (non-hydrogen) atoms. The van der Waals surface area contributed by atoms with Crippen molar-refractivity contribution in [3.63, 3.8) is 0 Å². The molecule has 0 aliphatic carbocycles. The van der Waals surface area contributed by atoms with Crippen LogP contribution in [0.5, 0.6) is 11.5 Å². The standard InChI is InChI=1S/C18H19FN2O2/c1-12-5-10-17(21(12)18(20)22)13-6-8-15(9-7-13)23-16-4-2-3-14(19)11-16/h2-4,6-9,11-12,17H,5,10H2,1H3,(H2,20,22)/t12?,17-/m1/s1. The van der Waals surface area contributed by atoms with Gasteiger partial charge in [-0.25, -0.2) is 9.18 Å². The number of hydrogen-bond donors (Lipinski definition) is 1. The van der Waals surface area contributed by atoms with Crippen LogP contribution in [0, 0.1) is 5.82 Å². The molecule has 0 spiro atoms. The molecule has 1 heterocycles. The number of nitrogens with two attached hydrogens (primary N) is 1. The Hall–Kier alpha value is -2.56. The zero-order chi connectivity index (χ0) is 16.4. The second kappa shape index (κ2) is 6.28. The number of primary amides is 1. The van der Waals surface area contributed by atoms with Gasteiger partial charge in [-0.15, -0.1) is 0 Å². The van der Waals surface area contributed by atoms with Crippen LogP contribution in [0.2, 0.25) is 0 Å². The largest absolute Gasteiger partial charge is 0.457 e. The molecule has 2 aromatic rings. The zero-order valence-electron chi connectivity index (χ0n) is 12.9. The summed E-state index contributed by atoms with van der Waals surface area (Å²) in [7, 11) is 0. The second-order valence-corrected chi connectivity index (χ2v) is 5.82.